The van der Waals surface area contributed by atoms with Gasteiger partial charge in [0.15, 0.2) is 0 Å². The third-order valence-corrected chi connectivity index (χ3v) is 4.99. The van der Waals surface area contributed by atoms with E-state index in [2.05, 4.69) is 40.0 Å². The van der Waals surface area contributed by atoms with Gasteiger partial charge in [0.25, 0.3) is 0 Å². The van der Waals surface area contributed by atoms with Crippen LogP contribution in [-0.2, 0) is 29.4 Å². The van der Waals surface area contributed by atoms with E-state index in [1.54, 1.807) is 0 Å². The van der Waals surface area contributed by atoms with E-state index in [4.69, 9.17) is 0 Å². The number of anilines is 1. The summed E-state index contributed by atoms with van der Waals surface area (Å²) in [6.07, 6.45) is 4.43. The second-order valence-corrected chi connectivity index (χ2v) is 8.22. The van der Waals surface area contributed by atoms with Gasteiger partial charge in [0, 0.05) is 18.8 Å². The van der Waals surface area contributed by atoms with E-state index in [1.807, 2.05) is 18.2 Å². The summed E-state index contributed by atoms with van der Waals surface area (Å²) < 4.78 is 25.2. The number of hydrogen-bond donors (Lipinski definition) is 1. The van der Waals surface area contributed by atoms with Crippen molar-refractivity contribution in [3.05, 3.63) is 65.2 Å². The van der Waals surface area contributed by atoms with Gasteiger partial charge in [0.05, 0.1) is 6.26 Å². The van der Waals surface area contributed by atoms with Gasteiger partial charge in [-0.05, 0) is 54.6 Å². The normalized spacial score (nSPS) is 14.4. The van der Waals surface area contributed by atoms with Gasteiger partial charge < -0.3 is 0 Å². The summed E-state index contributed by atoms with van der Waals surface area (Å²) in [5.41, 5.74) is 4.61. The van der Waals surface area contributed by atoms with Gasteiger partial charge in [-0.25, -0.2) is 8.42 Å². The van der Waals surface area contributed by atoms with Gasteiger partial charge in [0.2, 0.25) is 10.0 Å². The molecule has 0 saturated carbocycles. The molecule has 0 saturated heterocycles. The average molecular weight is 381 g/mol. The lowest BCUT2D eigenvalue weighted by molar-refractivity contribution is 0.251. The minimum Gasteiger partial charge on any atom is -0.299 e. The largest absolute Gasteiger partial charge is 0.299 e. The molecule has 0 aliphatic carbocycles. The lowest BCUT2D eigenvalue weighted by Gasteiger charge is -2.29. The second kappa shape index (κ2) is 8.70. The van der Waals surface area contributed by atoms with Crippen molar-refractivity contribution < 1.29 is 8.42 Å². The second-order valence-electron chi connectivity index (χ2n) is 6.47. The summed E-state index contributed by atoms with van der Waals surface area (Å²) in [7, 11) is -3.21. The van der Waals surface area contributed by atoms with E-state index >= 15 is 0 Å². The maximum Gasteiger partial charge on any atom is 0.229 e. The Morgan fingerprint density at radius 2 is 1.84 bits per heavy atom. The Balaban J connectivity index is 0.00000225. The minimum atomic E-state index is -3.21. The molecule has 25 heavy (non-hydrogen) atoms. The van der Waals surface area contributed by atoms with Crippen LogP contribution in [0.4, 0.5) is 5.69 Å². The Bertz CT molecular complexity index is 794. The van der Waals surface area contributed by atoms with Crippen LogP contribution in [0.25, 0.3) is 0 Å². The predicted molar refractivity (Wildman–Crippen MR) is 106 cm³/mol. The number of halogens is 1. The molecule has 2 aromatic rings. The Morgan fingerprint density at radius 1 is 1.08 bits per heavy atom. The van der Waals surface area contributed by atoms with E-state index in [9.17, 15) is 8.42 Å². The quantitative estimate of drug-likeness (QED) is 0.834. The van der Waals surface area contributed by atoms with Crippen LogP contribution in [0.5, 0.6) is 0 Å². The molecule has 1 heterocycles. The summed E-state index contributed by atoms with van der Waals surface area (Å²) in [5, 5.41) is 0. The molecular weight excluding hydrogens is 356 g/mol. The first-order valence-corrected chi connectivity index (χ1v) is 10.2. The van der Waals surface area contributed by atoms with Gasteiger partial charge in [-0.15, -0.1) is 12.4 Å². The molecule has 0 aromatic heterocycles. The molecule has 1 aliphatic rings. The summed E-state index contributed by atoms with van der Waals surface area (Å²) in [4.78, 5) is 2.48. The van der Waals surface area contributed by atoms with E-state index < -0.39 is 10.0 Å². The highest BCUT2D eigenvalue weighted by molar-refractivity contribution is 7.92. The van der Waals surface area contributed by atoms with Gasteiger partial charge in [-0.2, -0.15) is 0 Å². The van der Waals surface area contributed by atoms with Crippen molar-refractivity contribution in [2.75, 3.05) is 24.1 Å². The SMILES string of the molecule is CS(=O)(=O)Nc1ccc2c(c1)CCN(CCCc1ccccc1)C2.Cl. The molecule has 2 aromatic carbocycles. The molecule has 0 bridgehead atoms. The lowest BCUT2D eigenvalue weighted by atomic mass is 9.98. The standard InChI is InChI=1S/C19H24N2O2S.ClH/c1-24(22,23)20-19-10-9-18-15-21(13-11-17(18)14-19)12-5-8-16-6-3-2-4-7-16;/h2-4,6-7,9-10,14,20H,5,8,11-13,15H2,1H3;1H. The highest BCUT2D eigenvalue weighted by Gasteiger charge is 2.16. The monoisotopic (exact) mass is 380 g/mol. The van der Waals surface area contributed by atoms with Crippen molar-refractivity contribution in [1.82, 2.24) is 4.90 Å². The number of fused-ring (bicyclic) bond motifs is 1. The molecule has 0 fully saturated rings. The summed E-state index contributed by atoms with van der Waals surface area (Å²) >= 11 is 0. The number of sulfonamides is 1. The van der Waals surface area contributed by atoms with Crippen LogP contribution in [-0.4, -0.2) is 32.7 Å². The molecule has 0 atom stereocenters. The molecular formula is C19H25ClN2O2S. The Morgan fingerprint density at radius 3 is 2.56 bits per heavy atom. The topological polar surface area (TPSA) is 49.4 Å². The number of nitrogens with zero attached hydrogens (tertiary/aromatic N) is 1. The maximum atomic E-state index is 11.3. The molecule has 136 valence electrons. The van der Waals surface area contributed by atoms with Crippen molar-refractivity contribution >= 4 is 28.1 Å². The van der Waals surface area contributed by atoms with Crippen LogP contribution >= 0.6 is 12.4 Å². The Labute approximate surface area is 156 Å². The van der Waals surface area contributed by atoms with Crippen molar-refractivity contribution in [3.63, 3.8) is 0 Å². The number of hydrogen-bond acceptors (Lipinski definition) is 3. The van der Waals surface area contributed by atoms with Crippen LogP contribution in [0.2, 0.25) is 0 Å². The van der Waals surface area contributed by atoms with Gasteiger partial charge in [-0.3, -0.25) is 9.62 Å². The van der Waals surface area contributed by atoms with Crippen LogP contribution in [0, 0.1) is 0 Å². The van der Waals surface area contributed by atoms with Gasteiger partial charge >= 0.3 is 0 Å². The zero-order chi connectivity index (χ0) is 17.0. The first-order chi connectivity index (χ1) is 11.5. The van der Waals surface area contributed by atoms with Crippen LogP contribution < -0.4 is 4.72 Å². The van der Waals surface area contributed by atoms with Crippen molar-refractivity contribution in [1.29, 1.82) is 0 Å². The third-order valence-electron chi connectivity index (χ3n) is 4.38. The van der Waals surface area contributed by atoms with Crippen LogP contribution in [0.1, 0.15) is 23.1 Å². The Hall–Kier alpha value is -1.56. The fourth-order valence-corrected chi connectivity index (χ4v) is 3.79. The van der Waals surface area contributed by atoms with E-state index in [1.165, 1.54) is 22.9 Å². The average Bonchev–Trinajstić information content (AvgIpc) is 2.54. The van der Waals surface area contributed by atoms with Crippen molar-refractivity contribution in [3.8, 4) is 0 Å². The zero-order valence-corrected chi connectivity index (χ0v) is 16.1. The van der Waals surface area contributed by atoms with E-state index in [-0.39, 0.29) is 12.4 Å². The van der Waals surface area contributed by atoms with Gasteiger partial charge in [0.1, 0.15) is 0 Å². The smallest absolute Gasteiger partial charge is 0.229 e. The molecule has 0 amide bonds. The molecule has 0 radical (unpaired) electrons. The number of aryl methyl sites for hydroxylation is 1. The molecule has 4 nitrogen and oxygen atoms in total. The molecule has 3 rings (SSSR count). The fraction of sp³-hybridized carbons (Fsp3) is 0.368. The first-order valence-electron chi connectivity index (χ1n) is 8.35. The molecule has 0 unspecified atom stereocenters. The van der Waals surface area contributed by atoms with Crippen molar-refractivity contribution in [2.24, 2.45) is 0 Å². The zero-order valence-electron chi connectivity index (χ0n) is 14.4. The highest BCUT2D eigenvalue weighted by Crippen LogP contribution is 2.23. The number of rotatable bonds is 6. The first kappa shape index (κ1) is 19.8. The summed E-state index contributed by atoms with van der Waals surface area (Å²) in [6, 6.07) is 16.5. The predicted octanol–water partition coefficient (Wildman–Crippen LogP) is 3.47. The third kappa shape index (κ3) is 6.03. The van der Waals surface area contributed by atoms with E-state index in [0.717, 1.165) is 38.9 Å². The molecule has 1 N–H and O–H groups in total. The fourth-order valence-electron chi connectivity index (χ4n) is 3.23. The Kier molecular flexibility index (Phi) is 6.87. The van der Waals surface area contributed by atoms with E-state index in [0.29, 0.717) is 5.69 Å². The lowest BCUT2D eigenvalue weighted by Crippen LogP contribution is -2.31. The molecule has 1 aliphatic heterocycles. The molecule has 0 spiro atoms. The van der Waals surface area contributed by atoms with Gasteiger partial charge in [-0.1, -0.05) is 36.4 Å². The van der Waals surface area contributed by atoms with Crippen molar-refractivity contribution in [2.45, 2.75) is 25.8 Å². The summed E-state index contributed by atoms with van der Waals surface area (Å²) in [6.45, 7) is 3.07. The van der Waals surface area contributed by atoms with Crippen LogP contribution in [0.3, 0.4) is 0 Å². The minimum absolute atomic E-state index is 0. The van der Waals surface area contributed by atoms with Crippen LogP contribution in [0.15, 0.2) is 48.5 Å². The maximum absolute atomic E-state index is 11.3. The number of nitrogens with one attached hydrogen (secondary N) is 1. The molecule has 6 heteroatoms. The number of benzene rings is 2. The summed E-state index contributed by atoms with van der Waals surface area (Å²) in [5.74, 6) is 0. The highest BCUT2D eigenvalue weighted by atomic mass is 35.5.